The molecule has 1 heterocycles. The normalized spacial score (nSPS) is 28.2. The Kier molecular flexibility index (Phi) is 4.54. The summed E-state index contributed by atoms with van der Waals surface area (Å²) in [7, 11) is 0. The van der Waals surface area contributed by atoms with Crippen molar-refractivity contribution in [1.29, 1.82) is 0 Å². The summed E-state index contributed by atoms with van der Waals surface area (Å²) >= 11 is 0. The van der Waals surface area contributed by atoms with Crippen LogP contribution in [-0.4, -0.2) is 24.2 Å². The average Bonchev–Trinajstić information content (AvgIpc) is 2.30. The molecule has 1 saturated heterocycles. The number of rotatable bonds is 2. The van der Waals surface area contributed by atoms with Crippen LogP contribution in [0, 0.1) is 5.92 Å². The summed E-state index contributed by atoms with van der Waals surface area (Å²) in [6, 6.07) is 9.60. The van der Waals surface area contributed by atoms with Gasteiger partial charge in [-0.05, 0) is 31.0 Å². The van der Waals surface area contributed by atoms with Crippen LogP contribution in [0.5, 0.6) is 0 Å². The molecule has 0 saturated carbocycles. The van der Waals surface area contributed by atoms with Crippen LogP contribution >= 0.6 is 12.4 Å². The van der Waals surface area contributed by atoms with Gasteiger partial charge in [0.2, 0.25) is 0 Å². The van der Waals surface area contributed by atoms with Crippen LogP contribution in [0.3, 0.4) is 0 Å². The smallest absolute Gasteiger partial charge is 0.314 e. The minimum atomic E-state index is -0.716. The van der Waals surface area contributed by atoms with Gasteiger partial charge in [0.1, 0.15) is 0 Å². The maximum absolute atomic E-state index is 11.7. The van der Waals surface area contributed by atoms with Crippen molar-refractivity contribution in [3.63, 3.8) is 0 Å². The highest BCUT2D eigenvalue weighted by molar-refractivity contribution is 5.85. The van der Waals surface area contributed by atoms with Gasteiger partial charge in [0.05, 0.1) is 5.41 Å². The second-order valence-corrected chi connectivity index (χ2v) is 4.50. The van der Waals surface area contributed by atoms with E-state index in [2.05, 4.69) is 5.32 Å². The fourth-order valence-electron chi connectivity index (χ4n) is 2.63. The zero-order valence-corrected chi connectivity index (χ0v) is 10.7. The van der Waals surface area contributed by atoms with E-state index < -0.39 is 11.4 Å². The molecule has 17 heavy (non-hydrogen) atoms. The summed E-state index contributed by atoms with van der Waals surface area (Å²) in [5, 5.41) is 12.8. The van der Waals surface area contributed by atoms with E-state index in [1.165, 1.54) is 0 Å². The number of benzene rings is 1. The minimum absolute atomic E-state index is 0. The van der Waals surface area contributed by atoms with Gasteiger partial charge in [-0.25, -0.2) is 0 Å². The van der Waals surface area contributed by atoms with Crippen molar-refractivity contribution >= 4 is 18.4 Å². The summed E-state index contributed by atoms with van der Waals surface area (Å²) in [5.41, 5.74) is 0.212. The van der Waals surface area contributed by atoms with Crippen molar-refractivity contribution in [2.45, 2.75) is 18.8 Å². The van der Waals surface area contributed by atoms with Crippen molar-refractivity contribution in [1.82, 2.24) is 5.32 Å². The lowest BCUT2D eigenvalue weighted by molar-refractivity contribution is -0.147. The number of hydrogen-bond acceptors (Lipinski definition) is 2. The molecule has 1 aliphatic heterocycles. The highest BCUT2D eigenvalue weighted by atomic mass is 35.5. The number of piperidine rings is 1. The standard InChI is InChI=1S/C13H17NO2.ClH/c1-10-9-14-8-7-13(10,12(15)16)11-5-3-2-4-6-11;/h2-6,10,14H,7-9H2,1H3,(H,15,16);1H. The lowest BCUT2D eigenvalue weighted by atomic mass is 9.67. The highest BCUT2D eigenvalue weighted by Gasteiger charge is 2.46. The van der Waals surface area contributed by atoms with Crippen molar-refractivity contribution in [3.05, 3.63) is 35.9 Å². The molecule has 3 nitrogen and oxygen atoms in total. The second-order valence-electron chi connectivity index (χ2n) is 4.50. The first-order chi connectivity index (χ1) is 7.68. The number of hydrogen-bond donors (Lipinski definition) is 2. The van der Waals surface area contributed by atoms with Gasteiger partial charge in [-0.15, -0.1) is 12.4 Å². The molecule has 0 aromatic heterocycles. The molecule has 2 rings (SSSR count). The molecule has 0 bridgehead atoms. The van der Waals surface area contributed by atoms with E-state index in [9.17, 15) is 9.90 Å². The molecule has 2 atom stereocenters. The number of carboxylic acid groups (broad SMARTS) is 1. The first-order valence-electron chi connectivity index (χ1n) is 5.67. The van der Waals surface area contributed by atoms with Gasteiger partial charge in [0.25, 0.3) is 0 Å². The van der Waals surface area contributed by atoms with Crippen LogP contribution < -0.4 is 5.32 Å². The maximum Gasteiger partial charge on any atom is 0.314 e. The van der Waals surface area contributed by atoms with E-state index in [-0.39, 0.29) is 18.3 Å². The minimum Gasteiger partial charge on any atom is -0.481 e. The molecule has 2 unspecified atom stereocenters. The average molecular weight is 256 g/mol. The Morgan fingerprint density at radius 3 is 2.59 bits per heavy atom. The lowest BCUT2D eigenvalue weighted by Gasteiger charge is -2.39. The van der Waals surface area contributed by atoms with Gasteiger partial charge in [-0.1, -0.05) is 37.3 Å². The Balaban J connectivity index is 0.00000144. The van der Waals surface area contributed by atoms with E-state index in [0.717, 1.165) is 18.7 Å². The zero-order chi connectivity index (χ0) is 11.6. The molecule has 4 heteroatoms. The predicted octanol–water partition coefficient (Wildman–Crippen LogP) is 2.06. The fourth-order valence-corrected chi connectivity index (χ4v) is 2.63. The summed E-state index contributed by atoms with van der Waals surface area (Å²) < 4.78 is 0. The van der Waals surface area contributed by atoms with E-state index in [4.69, 9.17) is 0 Å². The molecule has 0 spiro atoms. The largest absolute Gasteiger partial charge is 0.481 e. The van der Waals surface area contributed by atoms with Crippen LogP contribution in [-0.2, 0) is 10.2 Å². The topological polar surface area (TPSA) is 49.3 Å². The SMILES string of the molecule is CC1CNCCC1(C(=O)O)c1ccccc1.Cl. The maximum atomic E-state index is 11.7. The van der Waals surface area contributed by atoms with E-state index in [1.807, 2.05) is 37.3 Å². The molecule has 1 aromatic carbocycles. The summed E-state index contributed by atoms with van der Waals surface area (Å²) in [6.07, 6.45) is 0.660. The molecule has 94 valence electrons. The number of nitrogens with one attached hydrogen (secondary N) is 1. The van der Waals surface area contributed by atoms with Gasteiger partial charge in [0.15, 0.2) is 0 Å². The molecule has 0 aliphatic carbocycles. The first kappa shape index (κ1) is 14.0. The van der Waals surface area contributed by atoms with Crippen molar-refractivity contribution < 1.29 is 9.90 Å². The third-order valence-corrected chi connectivity index (χ3v) is 3.66. The third kappa shape index (κ3) is 2.31. The van der Waals surface area contributed by atoms with E-state index in [0.29, 0.717) is 6.42 Å². The Bertz CT molecular complexity index is 382. The van der Waals surface area contributed by atoms with Crippen LogP contribution in [0.15, 0.2) is 30.3 Å². The number of halogens is 1. The van der Waals surface area contributed by atoms with Crippen LogP contribution in [0.1, 0.15) is 18.9 Å². The lowest BCUT2D eigenvalue weighted by Crippen LogP contribution is -2.51. The molecule has 1 aliphatic rings. The number of carboxylic acids is 1. The summed E-state index contributed by atoms with van der Waals surface area (Å²) in [4.78, 5) is 11.7. The van der Waals surface area contributed by atoms with Gasteiger partial charge in [-0.2, -0.15) is 0 Å². The Labute approximate surface area is 108 Å². The van der Waals surface area contributed by atoms with Gasteiger partial charge in [0, 0.05) is 0 Å². The quantitative estimate of drug-likeness (QED) is 0.851. The molecule has 0 amide bonds. The predicted molar refractivity (Wildman–Crippen MR) is 69.7 cm³/mol. The zero-order valence-electron chi connectivity index (χ0n) is 9.85. The fraction of sp³-hybridized carbons (Fsp3) is 0.462. The molecule has 1 aromatic rings. The number of carbonyl (C=O) groups is 1. The van der Waals surface area contributed by atoms with Crippen molar-refractivity contribution in [3.8, 4) is 0 Å². The molecular formula is C13H18ClNO2. The van der Waals surface area contributed by atoms with Crippen LogP contribution in [0.2, 0.25) is 0 Å². The van der Waals surface area contributed by atoms with Crippen molar-refractivity contribution in [2.24, 2.45) is 5.92 Å². The monoisotopic (exact) mass is 255 g/mol. The Hall–Kier alpha value is -1.06. The molecule has 2 N–H and O–H groups in total. The summed E-state index contributed by atoms with van der Waals surface area (Å²) in [5.74, 6) is -0.589. The first-order valence-corrected chi connectivity index (χ1v) is 5.67. The van der Waals surface area contributed by atoms with Gasteiger partial charge in [-0.3, -0.25) is 4.79 Å². The van der Waals surface area contributed by atoms with Gasteiger partial charge >= 0.3 is 5.97 Å². The van der Waals surface area contributed by atoms with Crippen LogP contribution in [0.4, 0.5) is 0 Å². The molecular weight excluding hydrogens is 238 g/mol. The highest BCUT2D eigenvalue weighted by Crippen LogP contribution is 2.37. The number of aliphatic carboxylic acids is 1. The Morgan fingerprint density at radius 1 is 1.41 bits per heavy atom. The van der Waals surface area contributed by atoms with Gasteiger partial charge < -0.3 is 10.4 Å². The van der Waals surface area contributed by atoms with E-state index in [1.54, 1.807) is 0 Å². The third-order valence-electron chi connectivity index (χ3n) is 3.66. The van der Waals surface area contributed by atoms with Crippen molar-refractivity contribution in [2.75, 3.05) is 13.1 Å². The Morgan fingerprint density at radius 2 is 2.06 bits per heavy atom. The molecule has 1 fully saturated rings. The molecule has 0 radical (unpaired) electrons. The van der Waals surface area contributed by atoms with E-state index >= 15 is 0 Å². The van der Waals surface area contributed by atoms with Crippen LogP contribution in [0.25, 0.3) is 0 Å². The summed E-state index contributed by atoms with van der Waals surface area (Å²) in [6.45, 7) is 3.54. The second kappa shape index (κ2) is 5.52.